The number of aryl methyl sites for hydroxylation is 2. The zero-order valence-electron chi connectivity index (χ0n) is 9.53. The van der Waals surface area contributed by atoms with Gasteiger partial charge in [0, 0.05) is 11.8 Å². The molecule has 0 aliphatic heterocycles. The van der Waals surface area contributed by atoms with Crippen LogP contribution in [0.15, 0.2) is 22.6 Å². The summed E-state index contributed by atoms with van der Waals surface area (Å²) in [5.74, 6) is 2.57. The lowest BCUT2D eigenvalue weighted by atomic mass is 10.2. The zero-order chi connectivity index (χ0) is 11.5. The lowest BCUT2D eigenvalue weighted by Gasteiger charge is -2.02. The number of hydrogen-bond acceptors (Lipinski definition) is 4. The molecule has 2 aromatic rings. The fourth-order valence-electron chi connectivity index (χ4n) is 1.57. The highest BCUT2D eigenvalue weighted by Crippen LogP contribution is 2.19. The number of nitrogens with two attached hydrogens (primary N) is 1. The standard InChI is InChI=1S/C12H15N3O/c1-3-4-9-7-11(13)15-12(14-9)10-6-5-8(2)16-10/h5-7H,3-4H2,1-2H3,(H2,13,14,15). The molecule has 0 bridgehead atoms. The molecule has 0 unspecified atom stereocenters. The molecule has 16 heavy (non-hydrogen) atoms. The highest BCUT2D eigenvalue weighted by molar-refractivity contribution is 5.50. The minimum absolute atomic E-state index is 0.488. The molecule has 0 saturated carbocycles. The van der Waals surface area contributed by atoms with Crippen LogP contribution in [-0.4, -0.2) is 9.97 Å². The van der Waals surface area contributed by atoms with Gasteiger partial charge in [0.05, 0.1) is 0 Å². The van der Waals surface area contributed by atoms with Gasteiger partial charge >= 0.3 is 0 Å². The second kappa shape index (κ2) is 4.35. The van der Waals surface area contributed by atoms with Crippen molar-refractivity contribution in [3.63, 3.8) is 0 Å². The third kappa shape index (κ3) is 2.21. The molecule has 2 heterocycles. The summed E-state index contributed by atoms with van der Waals surface area (Å²) in [4.78, 5) is 8.59. The first kappa shape index (κ1) is 10.7. The van der Waals surface area contributed by atoms with E-state index in [9.17, 15) is 0 Å². The van der Waals surface area contributed by atoms with Crippen LogP contribution in [0.2, 0.25) is 0 Å². The van der Waals surface area contributed by atoms with Crippen molar-refractivity contribution < 1.29 is 4.42 Å². The molecule has 4 heteroatoms. The SMILES string of the molecule is CCCc1cc(N)nc(-c2ccc(C)o2)n1. The largest absolute Gasteiger partial charge is 0.458 e. The Morgan fingerprint density at radius 1 is 1.31 bits per heavy atom. The molecule has 0 atom stereocenters. The second-order valence-corrected chi connectivity index (χ2v) is 3.77. The maximum atomic E-state index is 5.74. The molecular weight excluding hydrogens is 202 g/mol. The van der Waals surface area contributed by atoms with Crippen molar-refractivity contribution in [2.75, 3.05) is 5.73 Å². The van der Waals surface area contributed by atoms with E-state index in [4.69, 9.17) is 10.2 Å². The monoisotopic (exact) mass is 217 g/mol. The van der Waals surface area contributed by atoms with Gasteiger partial charge in [0.2, 0.25) is 0 Å². The molecule has 0 spiro atoms. The summed E-state index contributed by atoms with van der Waals surface area (Å²) >= 11 is 0. The average Bonchev–Trinajstić information content (AvgIpc) is 2.64. The number of hydrogen-bond donors (Lipinski definition) is 1. The van der Waals surface area contributed by atoms with Crippen molar-refractivity contribution in [2.45, 2.75) is 26.7 Å². The Bertz CT molecular complexity index is 491. The molecule has 0 fully saturated rings. The van der Waals surface area contributed by atoms with Gasteiger partial charge in [0.25, 0.3) is 0 Å². The summed E-state index contributed by atoms with van der Waals surface area (Å²) < 4.78 is 5.48. The first-order chi connectivity index (χ1) is 7.69. The van der Waals surface area contributed by atoms with Crippen LogP contribution < -0.4 is 5.73 Å². The minimum Gasteiger partial charge on any atom is -0.458 e. The van der Waals surface area contributed by atoms with Crippen LogP contribution in [-0.2, 0) is 6.42 Å². The summed E-state index contributed by atoms with van der Waals surface area (Å²) in [5, 5.41) is 0. The maximum Gasteiger partial charge on any atom is 0.197 e. The number of anilines is 1. The lowest BCUT2D eigenvalue weighted by Crippen LogP contribution is -1.99. The summed E-state index contributed by atoms with van der Waals surface area (Å²) in [6, 6.07) is 5.56. The average molecular weight is 217 g/mol. The Morgan fingerprint density at radius 2 is 2.12 bits per heavy atom. The van der Waals surface area contributed by atoms with Crippen LogP contribution in [0.1, 0.15) is 24.8 Å². The first-order valence-corrected chi connectivity index (χ1v) is 5.39. The van der Waals surface area contributed by atoms with Crippen molar-refractivity contribution >= 4 is 5.82 Å². The van der Waals surface area contributed by atoms with E-state index in [-0.39, 0.29) is 0 Å². The molecule has 4 nitrogen and oxygen atoms in total. The number of aromatic nitrogens is 2. The predicted molar refractivity (Wildman–Crippen MR) is 62.9 cm³/mol. The van der Waals surface area contributed by atoms with E-state index in [1.54, 1.807) is 0 Å². The van der Waals surface area contributed by atoms with Gasteiger partial charge in [-0.25, -0.2) is 9.97 Å². The molecule has 0 radical (unpaired) electrons. The highest BCUT2D eigenvalue weighted by atomic mass is 16.3. The van der Waals surface area contributed by atoms with Gasteiger partial charge in [0.15, 0.2) is 11.6 Å². The molecular formula is C12H15N3O. The van der Waals surface area contributed by atoms with Gasteiger partial charge in [-0.15, -0.1) is 0 Å². The minimum atomic E-state index is 0.488. The van der Waals surface area contributed by atoms with Crippen molar-refractivity contribution in [2.24, 2.45) is 0 Å². The Kier molecular flexibility index (Phi) is 2.90. The molecule has 0 aliphatic rings. The number of furan rings is 1. The van der Waals surface area contributed by atoms with E-state index < -0.39 is 0 Å². The quantitative estimate of drug-likeness (QED) is 0.858. The first-order valence-electron chi connectivity index (χ1n) is 5.39. The molecule has 2 rings (SSSR count). The van der Waals surface area contributed by atoms with Crippen LogP contribution >= 0.6 is 0 Å². The fraction of sp³-hybridized carbons (Fsp3) is 0.333. The number of nitrogens with zero attached hydrogens (tertiary/aromatic N) is 2. The summed E-state index contributed by atoms with van der Waals surface area (Å²) in [6.45, 7) is 4.00. The van der Waals surface area contributed by atoms with Gasteiger partial charge < -0.3 is 10.2 Å². The van der Waals surface area contributed by atoms with Crippen LogP contribution in [0.3, 0.4) is 0 Å². The summed E-state index contributed by atoms with van der Waals surface area (Å²) in [7, 11) is 0. The van der Waals surface area contributed by atoms with Crippen molar-refractivity contribution in [1.82, 2.24) is 9.97 Å². The van der Waals surface area contributed by atoms with E-state index in [2.05, 4.69) is 16.9 Å². The van der Waals surface area contributed by atoms with Gasteiger partial charge in [-0.2, -0.15) is 0 Å². The smallest absolute Gasteiger partial charge is 0.197 e. The van der Waals surface area contributed by atoms with E-state index in [1.807, 2.05) is 25.1 Å². The topological polar surface area (TPSA) is 64.9 Å². The Hall–Kier alpha value is -1.84. The van der Waals surface area contributed by atoms with Crippen molar-refractivity contribution in [1.29, 1.82) is 0 Å². The Morgan fingerprint density at radius 3 is 2.75 bits per heavy atom. The summed E-state index contributed by atoms with van der Waals surface area (Å²) in [6.07, 6.45) is 1.94. The van der Waals surface area contributed by atoms with Crippen molar-refractivity contribution in [3.05, 3.63) is 29.7 Å². The highest BCUT2D eigenvalue weighted by Gasteiger charge is 2.08. The fourth-order valence-corrected chi connectivity index (χ4v) is 1.57. The molecule has 0 aliphatic carbocycles. The molecule has 0 aromatic carbocycles. The zero-order valence-corrected chi connectivity index (χ0v) is 9.53. The van der Waals surface area contributed by atoms with Gasteiger partial charge in [-0.05, 0) is 25.5 Å². The molecule has 84 valence electrons. The van der Waals surface area contributed by atoms with Crippen LogP contribution in [0.4, 0.5) is 5.82 Å². The third-order valence-corrected chi connectivity index (χ3v) is 2.27. The Balaban J connectivity index is 2.40. The van der Waals surface area contributed by atoms with Crippen LogP contribution in [0.25, 0.3) is 11.6 Å². The predicted octanol–water partition coefficient (Wildman–Crippen LogP) is 2.58. The van der Waals surface area contributed by atoms with E-state index in [0.29, 0.717) is 17.4 Å². The number of nitrogen functional groups attached to an aromatic ring is 1. The molecule has 2 N–H and O–H groups in total. The van der Waals surface area contributed by atoms with Gasteiger partial charge in [0.1, 0.15) is 11.6 Å². The van der Waals surface area contributed by atoms with Gasteiger partial charge in [-0.3, -0.25) is 0 Å². The molecule has 2 aromatic heterocycles. The summed E-state index contributed by atoms with van der Waals surface area (Å²) in [5.41, 5.74) is 6.70. The van der Waals surface area contributed by atoms with Crippen LogP contribution in [0, 0.1) is 6.92 Å². The second-order valence-electron chi connectivity index (χ2n) is 3.77. The maximum absolute atomic E-state index is 5.74. The number of rotatable bonds is 3. The van der Waals surface area contributed by atoms with E-state index in [0.717, 1.165) is 24.3 Å². The Labute approximate surface area is 94.5 Å². The molecule has 0 amide bonds. The van der Waals surface area contributed by atoms with Crippen molar-refractivity contribution in [3.8, 4) is 11.6 Å². The van der Waals surface area contributed by atoms with E-state index in [1.165, 1.54) is 0 Å². The van der Waals surface area contributed by atoms with Crippen LogP contribution in [0.5, 0.6) is 0 Å². The third-order valence-electron chi connectivity index (χ3n) is 2.27. The van der Waals surface area contributed by atoms with Gasteiger partial charge in [-0.1, -0.05) is 13.3 Å². The normalized spacial score (nSPS) is 10.6. The lowest BCUT2D eigenvalue weighted by molar-refractivity contribution is 0.543. The van der Waals surface area contributed by atoms with E-state index >= 15 is 0 Å². The molecule has 0 saturated heterocycles.